The molecule has 0 saturated heterocycles. The first-order chi connectivity index (χ1) is 12.2. The average molecular weight is 364 g/mol. The van der Waals surface area contributed by atoms with E-state index in [9.17, 15) is 4.79 Å². The molecule has 3 aromatic rings. The number of fused-ring (bicyclic) bond motifs is 2. The molecule has 1 aliphatic rings. The van der Waals surface area contributed by atoms with Crippen LogP contribution < -0.4 is 0 Å². The molecule has 1 aliphatic carbocycles. The zero-order chi connectivity index (χ0) is 18.7. The number of carbonyl (C=O) groups excluding carboxylic acids is 1. The summed E-state index contributed by atoms with van der Waals surface area (Å²) in [4.78, 5) is 16.9. The molecule has 0 saturated carbocycles. The molecule has 0 spiro atoms. The van der Waals surface area contributed by atoms with Gasteiger partial charge in [-0.1, -0.05) is 27.7 Å². The summed E-state index contributed by atoms with van der Waals surface area (Å²) in [7, 11) is 0. The zero-order valence-electron chi connectivity index (χ0n) is 16.1. The lowest BCUT2D eigenvalue weighted by molar-refractivity contribution is 0.112. The molecule has 0 aliphatic heterocycles. The fourth-order valence-corrected chi connectivity index (χ4v) is 5.23. The van der Waals surface area contributed by atoms with Crippen LogP contribution in [0.5, 0.6) is 0 Å². The van der Waals surface area contributed by atoms with Crippen molar-refractivity contribution in [1.29, 1.82) is 0 Å². The molecule has 2 heterocycles. The van der Waals surface area contributed by atoms with Crippen LogP contribution in [0.4, 0.5) is 0 Å². The predicted octanol–water partition coefficient (Wildman–Crippen LogP) is 6.43. The van der Waals surface area contributed by atoms with Gasteiger partial charge in [-0.05, 0) is 71.4 Å². The summed E-state index contributed by atoms with van der Waals surface area (Å²) in [5.74, 6) is 0. The minimum atomic E-state index is 0.211. The summed E-state index contributed by atoms with van der Waals surface area (Å²) in [6.45, 7) is 11.4. The Hall–Kier alpha value is -2.00. The van der Waals surface area contributed by atoms with Gasteiger partial charge in [-0.3, -0.25) is 9.78 Å². The number of hydrogen-bond acceptors (Lipinski definition) is 3. The first-order valence-corrected chi connectivity index (χ1v) is 10.0. The molecule has 3 heteroatoms. The standard InChI is InChI=1S/C23H25NOS/c1-14-8-17(16(13-25)12-24-14)21-10-15-9-18-19(11-20(15)26-21)23(4,5)7-6-22(18,2)3/h8-13H,6-7H2,1-5H3. The van der Waals surface area contributed by atoms with Gasteiger partial charge in [0.25, 0.3) is 0 Å². The molecule has 0 fully saturated rings. The van der Waals surface area contributed by atoms with Crippen LogP contribution in [-0.4, -0.2) is 11.3 Å². The SMILES string of the molecule is Cc1cc(-c2cc3cc4c(cc3s2)C(C)(C)CCC4(C)C)c(C=O)cn1. The maximum absolute atomic E-state index is 11.5. The quantitative estimate of drug-likeness (QED) is 0.491. The highest BCUT2D eigenvalue weighted by Gasteiger charge is 2.37. The van der Waals surface area contributed by atoms with Gasteiger partial charge >= 0.3 is 0 Å². The second-order valence-electron chi connectivity index (χ2n) is 8.84. The Labute approximate surface area is 159 Å². The molecular formula is C23H25NOS. The first kappa shape index (κ1) is 17.4. The zero-order valence-corrected chi connectivity index (χ0v) is 17.0. The molecule has 0 unspecified atom stereocenters. The van der Waals surface area contributed by atoms with Gasteiger partial charge in [0.05, 0.1) is 0 Å². The van der Waals surface area contributed by atoms with Crippen molar-refractivity contribution in [2.45, 2.75) is 58.3 Å². The summed E-state index contributed by atoms with van der Waals surface area (Å²) in [5.41, 5.74) is 5.97. The Morgan fingerprint density at radius 2 is 1.65 bits per heavy atom. The van der Waals surface area contributed by atoms with Crippen molar-refractivity contribution in [2.24, 2.45) is 0 Å². The van der Waals surface area contributed by atoms with Crippen LogP contribution in [0.1, 0.15) is 67.7 Å². The lowest BCUT2D eigenvalue weighted by Gasteiger charge is -2.41. The molecule has 2 aromatic heterocycles. The summed E-state index contributed by atoms with van der Waals surface area (Å²) in [5, 5.41) is 1.28. The average Bonchev–Trinajstić information content (AvgIpc) is 3.01. The molecule has 4 rings (SSSR count). The Bertz CT molecular complexity index is 973. The number of aromatic nitrogens is 1. The summed E-state index contributed by atoms with van der Waals surface area (Å²) >= 11 is 1.78. The van der Waals surface area contributed by atoms with E-state index in [2.05, 4.69) is 50.9 Å². The highest BCUT2D eigenvalue weighted by Crippen LogP contribution is 2.48. The van der Waals surface area contributed by atoms with Crippen molar-refractivity contribution >= 4 is 27.7 Å². The molecular weight excluding hydrogens is 338 g/mol. The Morgan fingerprint density at radius 1 is 1.00 bits per heavy atom. The minimum Gasteiger partial charge on any atom is -0.298 e. The fraction of sp³-hybridized carbons (Fsp3) is 0.391. The van der Waals surface area contributed by atoms with Gasteiger partial charge in [-0.15, -0.1) is 11.3 Å². The third kappa shape index (κ3) is 2.69. The van der Waals surface area contributed by atoms with Gasteiger partial charge in [0.15, 0.2) is 6.29 Å². The number of aryl methyl sites for hydroxylation is 1. The van der Waals surface area contributed by atoms with E-state index in [1.54, 1.807) is 17.5 Å². The second-order valence-corrected chi connectivity index (χ2v) is 9.93. The highest BCUT2D eigenvalue weighted by atomic mass is 32.1. The van der Waals surface area contributed by atoms with Gasteiger partial charge < -0.3 is 0 Å². The number of benzene rings is 1. The van der Waals surface area contributed by atoms with Crippen LogP contribution in [0, 0.1) is 6.92 Å². The van der Waals surface area contributed by atoms with Gasteiger partial charge in [0.1, 0.15) is 0 Å². The number of carbonyl (C=O) groups is 1. The third-order valence-corrected chi connectivity index (χ3v) is 7.08. The van der Waals surface area contributed by atoms with E-state index in [-0.39, 0.29) is 10.8 Å². The fourth-order valence-electron chi connectivity index (χ4n) is 4.11. The first-order valence-electron chi connectivity index (χ1n) is 9.22. The number of rotatable bonds is 2. The van der Waals surface area contributed by atoms with E-state index in [1.807, 2.05) is 13.0 Å². The van der Waals surface area contributed by atoms with Crippen molar-refractivity contribution in [3.05, 3.63) is 52.8 Å². The third-order valence-electron chi connectivity index (χ3n) is 5.95. The summed E-state index contributed by atoms with van der Waals surface area (Å²) < 4.78 is 1.30. The normalized spacial score (nSPS) is 17.9. The van der Waals surface area contributed by atoms with Crippen molar-refractivity contribution < 1.29 is 4.79 Å². The predicted molar refractivity (Wildman–Crippen MR) is 110 cm³/mol. The van der Waals surface area contributed by atoms with E-state index < -0.39 is 0 Å². The monoisotopic (exact) mass is 363 g/mol. The van der Waals surface area contributed by atoms with Crippen LogP contribution in [0.15, 0.2) is 30.5 Å². The van der Waals surface area contributed by atoms with Gasteiger partial charge in [-0.2, -0.15) is 0 Å². The van der Waals surface area contributed by atoms with E-state index in [4.69, 9.17) is 0 Å². The van der Waals surface area contributed by atoms with Crippen LogP contribution in [0.3, 0.4) is 0 Å². The second kappa shape index (κ2) is 5.75. The van der Waals surface area contributed by atoms with E-state index >= 15 is 0 Å². The van der Waals surface area contributed by atoms with E-state index in [0.29, 0.717) is 5.56 Å². The summed E-state index contributed by atoms with van der Waals surface area (Å²) in [6.07, 6.45) is 5.02. The number of aldehydes is 1. The van der Waals surface area contributed by atoms with Crippen LogP contribution in [0.25, 0.3) is 20.5 Å². The van der Waals surface area contributed by atoms with Crippen molar-refractivity contribution in [3.63, 3.8) is 0 Å². The van der Waals surface area contributed by atoms with Gasteiger partial charge in [-0.25, -0.2) is 0 Å². The van der Waals surface area contributed by atoms with Crippen LogP contribution >= 0.6 is 11.3 Å². The van der Waals surface area contributed by atoms with Crippen molar-refractivity contribution in [2.75, 3.05) is 0 Å². The minimum absolute atomic E-state index is 0.211. The molecule has 134 valence electrons. The lowest BCUT2D eigenvalue weighted by Crippen LogP contribution is -2.33. The number of nitrogens with zero attached hydrogens (tertiary/aromatic N) is 1. The smallest absolute Gasteiger partial charge is 0.152 e. The molecule has 2 nitrogen and oxygen atoms in total. The molecule has 0 bridgehead atoms. The largest absolute Gasteiger partial charge is 0.298 e. The number of pyridine rings is 1. The summed E-state index contributed by atoms with van der Waals surface area (Å²) in [6, 6.07) is 9.04. The maximum atomic E-state index is 11.5. The Morgan fingerprint density at radius 3 is 2.31 bits per heavy atom. The molecule has 26 heavy (non-hydrogen) atoms. The van der Waals surface area contributed by atoms with Crippen molar-refractivity contribution in [1.82, 2.24) is 4.98 Å². The molecule has 0 radical (unpaired) electrons. The van der Waals surface area contributed by atoms with Gasteiger partial charge in [0, 0.05) is 32.6 Å². The molecule has 1 aromatic carbocycles. The number of thiophene rings is 1. The maximum Gasteiger partial charge on any atom is 0.152 e. The molecule has 0 N–H and O–H groups in total. The van der Waals surface area contributed by atoms with Crippen LogP contribution in [0.2, 0.25) is 0 Å². The number of hydrogen-bond donors (Lipinski definition) is 0. The topological polar surface area (TPSA) is 30.0 Å². The van der Waals surface area contributed by atoms with Crippen molar-refractivity contribution in [3.8, 4) is 10.4 Å². The Balaban J connectivity index is 1.95. The highest BCUT2D eigenvalue weighted by molar-refractivity contribution is 7.22. The van der Waals surface area contributed by atoms with Gasteiger partial charge in [0.2, 0.25) is 0 Å². The van der Waals surface area contributed by atoms with Crippen LogP contribution in [-0.2, 0) is 10.8 Å². The molecule has 0 amide bonds. The Kier molecular flexibility index (Phi) is 3.85. The van der Waals surface area contributed by atoms with E-state index in [0.717, 1.165) is 22.4 Å². The van der Waals surface area contributed by atoms with E-state index in [1.165, 1.54) is 34.1 Å². The lowest BCUT2D eigenvalue weighted by atomic mass is 9.63. The molecule has 0 atom stereocenters.